The van der Waals surface area contributed by atoms with Gasteiger partial charge in [0, 0.05) is 55.8 Å². The molecule has 0 spiro atoms. The zero-order valence-corrected chi connectivity index (χ0v) is 19.0. The van der Waals surface area contributed by atoms with E-state index in [2.05, 4.69) is 38.2 Å². The van der Waals surface area contributed by atoms with Crippen LogP contribution in [0.1, 0.15) is 16.8 Å². The first-order chi connectivity index (χ1) is 17.2. The highest BCUT2D eigenvalue weighted by Gasteiger charge is 2.23. The number of fused-ring (bicyclic) bond motifs is 1. The predicted octanol–water partition coefficient (Wildman–Crippen LogP) is 3.64. The molecule has 5 aromatic rings. The molecule has 8 nitrogen and oxygen atoms in total. The number of benzene rings is 2. The van der Waals surface area contributed by atoms with E-state index in [1.54, 1.807) is 12.4 Å². The van der Waals surface area contributed by atoms with E-state index in [1.807, 2.05) is 53.2 Å². The summed E-state index contributed by atoms with van der Waals surface area (Å²) in [7, 11) is 0. The van der Waals surface area contributed by atoms with Gasteiger partial charge in [-0.3, -0.25) is 9.69 Å². The minimum atomic E-state index is -0.109. The van der Waals surface area contributed by atoms with Gasteiger partial charge in [-0.1, -0.05) is 48.5 Å². The Kier molecular flexibility index (Phi) is 5.48. The molecule has 0 saturated heterocycles. The van der Waals surface area contributed by atoms with Crippen molar-refractivity contribution in [1.82, 2.24) is 34.6 Å². The molecule has 0 amide bonds. The van der Waals surface area contributed by atoms with Crippen molar-refractivity contribution in [3.8, 4) is 28.3 Å². The summed E-state index contributed by atoms with van der Waals surface area (Å²) in [6.07, 6.45) is 7.56. The van der Waals surface area contributed by atoms with E-state index in [0.717, 1.165) is 34.7 Å². The summed E-state index contributed by atoms with van der Waals surface area (Å²) in [5, 5.41) is 4.92. The summed E-state index contributed by atoms with van der Waals surface area (Å²) < 4.78 is 1.93. The molecule has 8 heteroatoms. The number of para-hydroxylation sites is 1. The zero-order valence-electron chi connectivity index (χ0n) is 19.0. The molecule has 172 valence electrons. The summed E-state index contributed by atoms with van der Waals surface area (Å²) in [5.41, 5.74) is 6.30. The van der Waals surface area contributed by atoms with Crippen LogP contribution in [0, 0.1) is 0 Å². The van der Waals surface area contributed by atoms with Gasteiger partial charge < -0.3 is 4.98 Å². The Morgan fingerprint density at radius 3 is 2.43 bits per heavy atom. The Labute approximate surface area is 202 Å². The lowest BCUT2D eigenvalue weighted by Gasteiger charge is -2.27. The highest BCUT2D eigenvalue weighted by Crippen LogP contribution is 2.27. The van der Waals surface area contributed by atoms with Crippen LogP contribution in [0.25, 0.3) is 28.3 Å². The standard InChI is InChI=1S/C27H23N7O/c35-27-23-17-33(12-11-24(23)30-26(31-27)20-13-28-18-29-14-20)15-21-16-34(22-9-5-2-6-10-22)32-25(21)19-7-3-1-4-8-19/h1-10,13-14,16,18H,11-12,15,17H2,(H,30,31,35). The van der Waals surface area contributed by atoms with Crippen molar-refractivity contribution in [2.24, 2.45) is 0 Å². The highest BCUT2D eigenvalue weighted by atomic mass is 16.1. The second kappa shape index (κ2) is 9.08. The average molecular weight is 462 g/mol. The second-order valence-electron chi connectivity index (χ2n) is 8.58. The SMILES string of the molecule is O=c1[nH]c(-c2cncnc2)nc2c1CN(Cc1cn(-c3ccccc3)nc1-c1ccccc1)CC2. The number of H-pyrrole nitrogens is 1. The fourth-order valence-corrected chi connectivity index (χ4v) is 4.49. The smallest absolute Gasteiger partial charge is 0.255 e. The Hall–Kier alpha value is -4.43. The number of hydrogen-bond donors (Lipinski definition) is 1. The molecule has 0 saturated carbocycles. The van der Waals surface area contributed by atoms with Crippen LogP contribution in [0.4, 0.5) is 0 Å². The van der Waals surface area contributed by atoms with E-state index in [1.165, 1.54) is 6.33 Å². The van der Waals surface area contributed by atoms with Crippen LogP contribution in [0.2, 0.25) is 0 Å². The normalized spacial score (nSPS) is 13.5. The Morgan fingerprint density at radius 2 is 1.66 bits per heavy atom. The number of nitrogens with zero attached hydrogens (tertiary/aromatic N) is 6. The Bertz CT molecular complexity index is 1510. The number of aromatic amines is 1. The van der Waals surface area contributed by atoms with Gasteiger partial charge in [-0.2, -0.15) is 5.10 Å². The third-order valence-corrected chi connectivity index (χ3v) is 6.23. The zero-order chi connectivity index (χ0) is 23.6. The first-order valence-electron chi connectivity index (χ1n) is 11.5. The molecule has 0 aliphatic carbocycles. The van der Waals surface area contributed by atoms with Crippen molar-refractivity contribution in [2.45, 2.75) is 19.5 Å². The molecule has 4 heterocycles. The van der Waals surface area contributed by atoms with Crippen molar-refractivity contribution < 1.29 is 0 Å². The van der Waals surface area contributed by atoms with Gasteiger partial charge in [0.2, 0.25) is 0 Å². The lowest BCUT2D eigenvalue weighted by molar-refractivity contribution is 0.242. The monoisotopic (exact) mass is 461 g/mol. The molecular formula is C27H23N7O. The maximum atomic E-state index is 13.0. The molecule has 35 heavy (non-hydrogen) atoms. The van der Waals surface area contributed by atoms with E-state index >= 15 is 0 Å². The molecular weight excluding hydrogens is 438 g/mol. The van der Waals surface area contributed by atoms with Crippen LogP contribution in [0.15, 0.2) is 90.4 Å². The van der Waals surface area contributed by atoms with E-state index in [4.69, 9.17) is 10.1 Å². The van der Waals surface area contributed by atoms with Crippen molar-refractivity contribution in [1.29, 1.82) is 0 Å². The molecule has 0 radical (unpaired) electrons. The maximum absolute atomic E-state index is 13.0. The quantitative estimate of drug-likeness (QED) is 0.430. The van der Waals surface area contributed by atoms with Crippen molar-refractivity contribution >= 4 is 0 Å². The van der Waals surface area contributed by atoms with Crippen molar-refractivity contribution in [2.75, 3.05) is 6.54 Å². The maximum Gasteiger partial charge on any atom is 0.255 e. The second-order valence-corrected chi connectivity index (χ2v) is 8.58. The van der Waals surface area contributed by atoms with Gasteiger partial charge in [0.05, 0.1) is 28.2 Å². The van der Waals surface area contributed by atoms with E-state index < -0.39 is 0 Å². The van der Waals surface area contributed by atoms with Crippen LogP contribution < -0.4 is 5.56 Å². The van der Waals surface area contributed by atoms with Crippen LogP contribution in [0.3, 0.4) is 0 Å². The number of aromatic nitrogens is 6. The van der Waals surface area contributed by atoms with Crippen LogP contribution in [0.5, 0.6) is 0 Å². The summed E-state index contributed by atoms with van der Waals surface area (Å²) >= 11 is 0. The Balaban J connectivity index is 1.31. The molecule has 2 aromatic carbocycles. The minimum Gasteiger partial charge on any atom is -0.306 e. The van der Waals surface area contributed by atoms with Gasteiger partial charge >= 0.3 is 0 Å². The molecule has 0 unspecified atom stereocenters. The largest absolute Gasteiger partial charge is 0.306 e. The molecule has 6 rings (SSSR count). The molecule has 0 fully saturated rings. The third-order valence-electron chi connectivity index (χ3n) is 6.23. The van der Waals surface area contributed by atoms with Crippen molar-refractivity contribution in [3.05, 3.63) is 113 Å². The first kappa shape index (κ1) is 21.1. The van der Waals surface area contributed by atoms with Gasteiger partial charge in [-0.05, 0) is 12.1 Å². The van der Waals surface area contributed by atoms with Crippen molar-refractivity contribution in [3.63, 3.8) is 0 Å². The first-order valence-corrected chi connectivity index (χ1v) is 11.5. The highest BCUT2D eigenvalue weighted by molar-refractivity contribution is 5.63. The molecule has 1 N–H and O–H groups in total. The lowest BCUT2D eigenvalue weighted by Crippen LogP contribution is -2.35. The fourth-order valence-electron chi connectivity index (χ4n) is 4.49. The topological polar surface area (TPSA) is 92.6 Å². The summed E-state index contributed by atoms with van der Waals surface area (Å²) in [6, 6.07) is 20.3. The van der Waals surface area contributed by atoms with E-state index in [9.17, 15) is 4.79 Å². The summed E-state index contributed by atoms with van der Waals surface area (Å²) in [5.74, 6) is 0.512. The van der Waals surface area contributed by atoms with Crippen LogP contribution in [-0.2, 0) is 19.5 Å². The van der Waals surface area contributed by atoms with Crippen LogP contribution in [-0.4, -0.2) is 41.2 Å². The predicted molar refractivity (Wildman–Crippen MR) is 133 cm³/mol. The summed E-state index contributed by atoms with van der Waals surface area (Å²) in [4.78, 5) is 30.9. The Morgan fingerprint density at radius 1 is 0.914 bits per heavy atom. The van der Waals surface area contributed by atoms with Gasteiger partial charge in [0.15, 0.2) is 0 Å². The molecule has 3 aromatic heterocycles. The minimum absolute atomic E-state index is 0.109. The number of rotatable bonds is 5. The van der Waals surface area contributed by atoms with Crippen LogP contribution >= 0.6 is 0 Å². The molecule has 1 aliphatic rings. The molecule has 1 aliphatic heterocycles. The molecule has 0 atom stereocenters. The lowest BCUT2D eigenvalue weighted by atomic mass is 10.0. The van der Waals surface area contributed by atoms with Gasteiger partial charge in [0.25, 0.3) is 5.56 Å². The van der Waals surface area contributed by atoms with Gasteiger partial charge in [0.1, 0.15) is 12.2 Å². The van der Waals surface area contributed by atoms with E-state index in [-0.39, 0.29) is 5.56 Å². The van der Waals surface area contributed by atoms with Gasteiger partial charge in [-0.15, -0.1) is 0 Å². The fraction of sp³-hybridized carbons (Fsp3) is 0.148. The summed E-state index contributed by atoms with van der Waals surface area (Å²) in [6.45, 7) is 2.02. The third kappa shape index (κ3) is 4.27. The number of hydrogen-bond acceptors (Lipinski definition) is 6. The average Bonchev–Trinajstić information content (AvgIpc) is 3.34. The van der Waals surface area contributed by atoms with Gasteiger partial charge in [-0.25, -0.2) is 19.6 Å². The number of nitrogens with one attached hydrogen (secondary N) is 1. The molecule has 0 bridgehead atoms. The van der Waals surface area contributed by atoms with E-state index in [0.29, 0.717) is 36.5 Å².